The molecule has 0 amide bonds. The van der Waals surface area contributed by atoms with E-state index in [0.29, 0.717) is 10.8 Å². The molecule has 0 spiro atoms. The van der Waals surface area contributed by atoms with E-state index in [1.165, 1.54) is 51.4 Å². The second-order valence-electron chi connectivity index (χ2n) is 14.6. The molecule has 1 unspecified atom stereocenters. The number of aliphatic hydroxyl groups is 2. The zero-order chi connectivity index (χ0) is 23.5. The summed E-state index contributed by atoms with van der Waals surface area (Å²) in [5.41, 5.74) is 0.588. The molecule has 0 bridgehead atoms. The minimum absolute atomic E-state index is 0.00208. The monoisotopic (exact) mass is 446 g/mol. The number of fused-ring (bicyclic) bond motifs is 5. The van der Waals surface area contributed by atoms with Gasteiger partial charge in [-0.3, -0.25) is 0 Å². The average Bonchev–Trinajstić information content (AvgIpc) is 3.09. The smallest absolute Gasteiger partial charge is 0.0648 e. The summed E-state index contributed by atoms with van der Waals surface area (Å²) in [5, 5.41) is 21.6. The summed E-state index contributed by atoms with van der Waals surface area (Å²) < 4.78 is 0. The molecule has 10 atom stereocenters. The fourth-order valence-electron chi connectivity index (χ4n) is 9.67. The Kier molecular flexibility index (Phi) is 6.68. The van der Waals surface area contributed by atoms with Crippen LogP contribution in [0.5, 0.6) is 0 Å². The Balaban J connectivity index is 1.45. The molecule has 4 aliphatic rings. The summed E-state index contributed by atoms with van der Waals surface area (Å²) in [7, 11) is 0. The minimum atomic E-state index is -0.383. The van der Waals surface area contributed by atoms with E-state index in [1.807, 2.05) is 0 Å². The Morgan fingerprint density at radius 3 is 2.22 bits per heavy atom. The number of hydrogen-bond donors (Lipinski definition) is 2. The molecule has 0 aromatic heterocycles. The molecular weight excluding hydrogens is 392 g/mol. The van der Waals surface area contributed by atoms with Crippen molar-refractivity contribution in [3.8, 4) is 0 Å². The Bertz CT molecular complexity index is 666. The molecule has 0 radical (unpaired) electrons. The van der Waals surface area contributed by atoms with Gasteiger partial charge in [-0.2, -0.15) is 0 Å². The third-order valence-corrected chi connectivity index (χ3v) is 12.1. The van der Waals surface area contributed by atoms with Crippen molar-refractivity contribution in [1.29, 1.82) is 0 Å². The highest BCUT2D eigenvalue weighted by Crippen LogP contribution is 2.69. The van der Waals surface area contributed by atoms with Crippen molar-refractivity contribution in [2.24, 2.45) is 51.8 Å². The van der Waals surface area contributed by atoms with Crippen molar-refractivity contribution in [3.63, 3.8) is 0 Å². The summed E-state index contributed by atoms with van der Waals surface area (Å²) in [6.45, 7) is 16.5. The van der Waals surface area contributed by atoms with Crippen LogP contribution in [-0.4, -0.2) is 21.9 Å². The summed E-state index contributed by atoms with van der Waals surface area (Å²) in [6, 6.07) is 0. The molecule has 0 aliphatic heterocycles. The summed E-state index contributed by atoms with van der Waals surface area (Å²) >= 11 is 0. The summed E-state index contributed by atoms with van der Waals surface area (Å²) in [4.78, 5) is 0. The van der Waals surface area contributed by atoms with Crippen LogP contribution in [0, 0.1) is 51.8 Å². The maximum Gasteiger partial charge on any atom is 0.0648 e. The van der Waals surface area contributed by atoms with Gasteiger partial charge in [0.15, 0.2) is 0 Å². The molecule has 0 aromatic rings. The van der Waals surface area contributed by atoms with Crippen molar-refractivity contribution < 1.29 is 10.2 Å². The molecule has 2 heteroatoms. The maximum atomic E-state index is 11.0. The lowest BCUT2D eigenvalue weighted by Gasteiger charge is -2.62. The van der Waals surface area contributed by atoms with Gasteiger partial charge < -0.3 is 10.2 Å². The molecule has 4 fully saturated rings. The topological polar surface area (TPSA) is 40.5 Å². The lowest BCUT2D eigenvalue weighted by Crippen LogP contribution is -2.56. The largest absolute Gasteiger partial charge is 0.393 e. The minimum Gasteiger partial charge on any atom is -0.393 e. The number of aliphatic hydroxyl groups excluding tert-OH is 1. The highest BCUT2D eigenvalue weighted by Gasteiger charge is 2.61. The summed E-state index contributed by atoms with van der Waals surface area (Å²) in [5.74, 6) is 5.01. The van der Waals surface area contributed by atoms with Gasteiger partial charge in [0.05, 0.1) is 11.7 Å². The van der Waals surface area contributed by atoms with Crippen molar-refractivity contribution in [1.82, 2.24) is 0 Å². The van der Waals surface area contributed by atoms with Gasteiger partial charge >= 0.3 is 0 Å². The van der Waals surface area contributed by atoms with Gasteiger partial charge in [0.2, 0.25) is 0 Å². The molecule has 4 rings (SSSR count). The van der Waals surface area contributed by atoms with Crippen LogP contribution >= 0.6 is 0 Å². The maximum absolute atomic E-state index is 11.0. The first-order valence-electron chi connectivity index (χ1n) is 14.2. The van der Waals surface area contributed by atoms with Crippen molar-refractivity contribution in [2.75, 3.05) is 0 Å². The van der Waals surface area contributed by atoms with Crippen LogP contribution in [0.3, 0.4) is 0 Å². The van der Waals surface area contributed by atoms with Gasteiger partial charge in [-0.05, 0) is 129 Å². The molecule has 2 nitrogen and oxygen atoms in total. The molecule has 0 heterocycles. The van der Waals surface area contributed by atoms with Gasteiger partial charge in [-0.1, -0.05) is 48.5 Å². The zero-order valence-electron chi connectivity index (χ0n) is 22.4. The number of rotatable bonds is 5. The van der Waals surface area contributed by atoms with Crippen molar-refractivity contribution in [3.05, 3.63) is 0 Å². The van der Waals surface area contributed by atoms with Crippen LogP contribution in [-0.2, 0) is 0 Å². The summed E-state index contributed by atoms with van der Waals surface area (Å²) in [6.07, 6.45) is 14.6. The SMILES string of the molecule is CC[C@]1(O)CC[C@@]2(C)[C@@H](CCC3[C@@H]2CC[C@]2(C)[C@@H]([C@H](C)CC[C@H](O)C(C)(C)C)CC[C@@H]32)C1. The fourth-order valence-corrected chi connectivity index (χ4v) is 9.67. The Morgan fingerprint density at radius 1 is 0.875 bits per heavy atom. The predicted molar refractivity (Wildman–Crippen MR) is 134 cm³/mol. The normalized spacial score (nSPS) is 48.5. The quantitative estimate of drug-likeness (QED) is 0.456. The van der Waals surface area contributed by atoms with Gasteiger partial charge in [0, 0.05) is 0 Å². The van der Waals surface area contributed by atoms with E-state index in [2.05, 4.69) is 48.5 Å². The Labute approximate surface area is 199 Å². The van der Waals surface area contributed by atoms with Gasteiger partial charge in [-0.15, -0.1) is 0 Å². The lowest BCUT2D eigenvalue weighted by molar-refractivity contribution is -0.152. The van der Waals surface area contributed by atoms with E-state index >= 15 is 0 Å². The Hall–Kier alpha value is -0.0800. The first kappa shape index (κ1) is 25.0. The second-order valence-corrected chi connectivity index (χ2v) is 14.6. The molecule has 4 saturated carbocycles. The lowest BCUT2D eigenvalue weighted by atomic mass is 9.43. The molecule has 4 aliphatic carbocycles. The Morgan fingerprint density at radius 2 is 1.56 bits per heavy atom. The average molecular weight is 447 g/mol. The molecule has 0 aromatic carbocycles. The van der Waals surface area contributed by atoms with E-state index in [0.717, 1.165) is 61.2 Å². The van der Waals surface area contributed by atoms with Crippen LogP contribution in [0.15, 0.2) is 0 Å². The number of hydrogen-bond acceptors (Lipinski definition) is 2. The van der Waals surface area contributed by atoms with E-state index in [-0.39, 0.29) is 17.1 Å². The van der Waals surface area contributed by atoms with E-state index in [1.54, 1.807) is 0 Å². The zero-order valence-corrected chi connectivity index (χ0v) is 22.4. The third kappa shape index (κ3) is 4.12. The van der Waals surface area contributed by atoms with E-state index in [4.69, 9.17) is 0 Å². The fraction of sp³-hybridized carbons (Fsp3) is 1.00. The predicted octanol–water partition coefficient (Wildman–Crippen LogP) is 7.61. The standard InChI is InChI=1S/C30H54O2/c1-8-30(32)18-17-28(6)21(19-30)10-11-22-24-13-12-23(29(24,7)16-15-25(22)28)20(2)9-14-26(31)27(3,4)5/h20-26,31-32H,8-19H2,1-7H3/t20-,21+,22?,23-,24+,25+,26+,28+,29-,30+/m1/s1. The van der Waals surface area contributed by atoms with Gasteiger partial charge in [-0.25, -0.2) is 0 Å². The first-order chi connectivity index (χ1) is 14.8. The molecule has 0 saturated heterocycles. The molecule has 32 heavy (non-hydrogen) atoms. The molecule has 186 valence electrons. The van der Waals surface area contributed by atoms with Gasteiger partial charge in [0.1, 0.15) is 0 Å². The van der Waals surface area contributed by atoms with Crippen molar-refractivity contribution in [2.45, 2.75) is 137 Å². The first-order valence-corrected chi connectivity index (χ1v) is 14.2. The second kappa shape index (κ2) is 8.54. The van der Waals surface area contributed by atoms with Crippen LogP contribution in [0.1, 0.15) is 126 Å². The highest BCUT2D eigenvalue weighted by atomic mass is 16.3. The van der Waals surface area contributed by atoms with Gasteiger partial charge in [0.25, 0.3) is 0 Å². The van der Waals surface area contributed by atoms with E-state index < -0.39 is 0 Å². The van der Waals surface area contributed by atoms with Crippen LogP contribution < -0.4 is 0 Å². The van der Waals surface area contributed by atoms with Crippen LogP contribution in [0.2, 0.25) is 0 Å². The van der Waals surface area contributed by atoms with Crippen molar-refractivity contribution >= 4 is 0 Å². The molecular formula is C30H54O2. The molecule has 2 N–H and O–H groups in total. The third-order valence-electron chi connectivity index (χ3n) is 12.1. The highest BCUT2D eigenvalue weighted by molar-refractivity contribution is 5.10. The van der Waals surface area contributed by atoms with Crippen LogP contribution in [0.25, 0.3) is 0 Å². The van der Waals surface area contributed by atoms with Crippen LogP contribution in [0.4, 0.5) is 0 Å². The van der Waals surface area contributed by atoms with E-state index in [9.17, 15) is 10.2 Å².